The molecule has 2 aromatic rings. The summed E-state index contributed by atoms with van der Waals surface area (Å²) >= 11 is 0. The highest BCUT2D eigenvalue weighted by atomic mass is 15.1. The van der Waals surface area contributed by atoms with Crippen LogP contribution in [0, 0.1) is 0 Å². The highest BCUT2D eigenvalue weighted by Gasteiger charge is 2.19. The third-order valence-electron chi connectivity index (χ3n) is 3.83. The van der Waals surface area contributed by atoms with Crippen LogP contribution in [0.1, 0.15) is 18.9 Å². The first-order valence-electron chi connectivity index (χ1n) is 6.28. The molecule has 1 aromatic carbocycles. The van der Waals surface area contributed by atoms with E-state index in [9.17, 15) is 0 Å². The first-order valence-corrected chi connectivity index (χ1v) is 6.28. The molecule has 0 atom stereocenters. The standard InChI is InChI=1S/C14H19N3/c1-16-7-5-13(6-8-16)17-9-4-11-2-3-12(15)10-14(11)17/h2-4,9-10,13H,5-8,15H2,1H3. The lowest BCUT2D eigenvalue weighted by atomic mass is 10.1. The number of hydrogen-bond acceptors (Lipinski definition) is 2. The highest BCUT2D eigenvalue weighted by molar-refractivity contribution is 5.83. The number of anilines is 1. The van der Waals surface area contributed by atoms with Crippen molar-refractivity contribution in [3.8, 4) is 0 Å². The lowest BCUT2D eigenvalue weighted by molar-refractivity contribution is 0.224. The van der Waals surface area contributed by atoms with Crippen LogP contribution in [0.2, 0.25) is 0 Å². The minimum absolute atomic E-state index is 0.630. The molecular weight excluding hydrogens is 210 g/mol. The Hall–Kier alpha value is -1.48. The number of aromatic nitrogens is 1. The van der Waals surface area contributed by atoms with E-state index >= 15 is 0 Å². The Bertz CT molecular complexity index is 521. The average molecular weight is 229 g/mol. The van der Waals surface area contributed by atoms with Gasteiger partial charge in [0.05, 0.1) is 5.52 Å². The van der Waals surface area contributed by atoms with E-state index in [1.165, 1.54) is 36.8 Å². The molecule has 0 amide bonds. The van der Waals surface area contributed by atoms with Crippen LogP contribution in [0.5, 0.6) is 0 Å². The summed E-state index contributed by atoms with van der Waals surface area (Å²) < 4.78 is 2.40. The number of nitrogens with zero attached hydrogens (tertiary/aromatic N) is 2. The van der Waals surface area contributed by atoms with Gasteiger partial charge < -0.3 is 15.2 Å². The molecule has 2 N–H and O–H groups in total. The van der Waals surface area contributed by atoms with E-state index in [2.05, 4.69) is 40.9 Å². The molecule has 90 valence electrons. The maximum absolute atomic E-state index is 5.88. The van der Waals surface area contributed by atoms with Gasteiger partial charge in [-0.15, -0.1) is 0 Å². The highest BCUT2D eigenvalue weighted by Crippen LogP contribution is 2.28. The zero-order valence-electron chi connectivity index (χ0n) is 10.3. The number of likely N-dealkylation sites (tertiary alicyclic amines) is 1. The summed E-state index contributed by atoms with van der Waals surface area (Å²) in [7, 11) is 2.20. The summed E-state index contributed by atoms with van der Waals surface area (Å²) in [5.41, 5.74) is 8.01. The molecule has 0 spiro atoms. The molecule has 3 nitrogen and oxygen atoms in total. The minimum Gasteiger partial charge on any atom is -0.399 e. The normalized spacial score (nSPS) is 18.9. The Morgan fingerprint density at radius 3 is 2.71 bits per heavy atom. The van der Waals surface area contributed by atoms with Crippen molar-refractivity contribution in [2.75, 3.05) is 25.9 Å². The van der Waals surface area contributed by atoms with Gasteiger partial charge in [0.15, 0.2) is 0 Å². The average Bonchev–Trinajstić information content (AvgIpc) is 2.73. The van der Waals surface area contributed by atoms with Crippen molar-refractivity contribution in [1.82, 2.24) is 9.47 Å². The number of nitrogen functional groups attached to an aromatic ring is 1. The molecule has 0 saturated carbocycles. The Labute approximate surface area is 102 Å². The van der Waals surface area contributed by atoms with Gasteiger partial charge in [-0.2, -0.15) is 0 Å². The second-order valence-electron chi connectivity index (χ2n) is 5.08. The maximum Gasteiger partial charge on any atom is 0.0503 e. The summed E-state index contributed by atoms with van der Waals surface area (Å²) in [5.74, 6) is 0. The lowest BCUT2D eigenvalue weighted by Crippen LogP contribution is -2.31. The molecule has 0 bridgehead atoms. The second kappa shape index (κ2) is 4.08. The number of hydrogen-bond donors (Lipinski definition) is 1. The topological polar surface area (TPSA) is 34.2 Å². The minimum atomic E-state index is 0.630. The summed E-state index contributed by atoms with van der Waals surface area (Å²) in [6.45, 7) is 2.37. The van der Waals surface area contributed by atoms with Crippen molar-refractivity contribution < 1.29 is 0 Å². The van der Waals surface area contributed by atoms with Crippen LogP contribution >= 0.6 is 0 Å². The predicted molar refractivity (Wildman–Crippen MR) is 72.1 cm³/mol. The quantitative estimate of drug-likeness (QED) is 0.762. The van der Waals surface area contributed by atoms with Gasteiger partial charge >= 0.3 is 0 Å². The Kier molecular flexibility index (Phi) is 2.56. The fourth-order valence-electron chi connectivity index (χ4n) is 2.76. The molecule has 0 radical (unpaired) electrons. The zero-order chi connectivity index (χ0) is 11.8. The Morgan fingerprint density at radius 1 is 1.18 bits per heavy atom. The number of benzene rings is 1. The van der Waals surface area contributed by atoms with Gasteiger partial charge in [-0.1, -0.05) is 6.07 Å². The van der Waals surface area contributed by atoms with Gasteiger partial charge in [-0.25, -0.2) is 0 Å². The summed E-state index contributed by atoms with van der Waals surface area (Å²) in [6, 6.07) is 8.99. The second-order valence-corrected chi connectivity index (χ2v) is 5.08. The molecule has 3 rings (SSSR count). The number of piperidine rings is 1. The molecule has 1 aliphatic heterocycles. The molecule has 1 aromatic heterocycles. The zero-order valence-corrected chi connectivity index (χ0v) is 10.3. The third-order valence-corrected chi connectivity index (χ3v) is 3.83. The molecule has 3 heteroatoms. The summed E-state index contributed by atoms with van der Waals surface area (Å²) in [4.78, 5) is 2.40. The van der Waals surface area contributed by atoms with Gasteiger partial charge in [0, 0.05) is 17.9 Å². The largest absolute Gasteiger partial charge is 0.399 e. The van der Waals surface area contributed by atoms with Crippen LogP contribution in [0.25, 0.3) is 10.9 Å². The number of fused-ring (bicyclic) bond motifs is 1. The van der Waals surface area contributed by atoms with Crippen molar-refractivity contribution in [2.24, 2.45) is 0 Å². The first kappa shape index (κ1) is 10.7. The molecule has 0 unspecified atom stereocenters. The van der Waals surface area contributed by atoms with E-state index in [0.29, 0.717) is 6.04 Å². The van der Waals surface area contributed by atoms with Gasteiger partial charge in [0.25, 0.3) is 0 Å². The van der Waals surface area contributed by atoms with E-state index in [4.69, 9.17) is 5.73 Å². The third kappa shape index (κ3) is 1.91. The van der Waals surface area contributed by atoms with Crippen molar-refractivity contribution in [1.29, 1.82) is 0 Å². The van der Waals surface area contributed by atoms with Gasteiger partial charge in [-0.3, -0.25) is 0 Å². The van der Waals surface area contributed by atoms with Gasteiger partial charge in [0.2, 0.25) is 0 Å². The van der Waals surface area contributed by atoms with E-state index < -0.39 is 0 Å². The van der Waals surface area contributed by atoms with E-state index in [0.717, 1.165) is 5.69 Å². The molecule has 1 fully saturated rings. The molecule has 1 saturated heterocycles. The Morgan fingerprint density at radius 2 is 1.94 bits per heavy atom. The van der Waals surface area contributed by atoms with E-state index in [1.807, 2.05) is 6.07 Å². The van der Waals surface area contributed by atoms with E-state index in [-0.39, 0.29) is 0 Å². The molecule has 1 aliphatic rings. The van der Waals surface area contributed by atoms with Crippen LogP contribution in [-0.4, -0.2) is 29.6 Å². The molecule has 2 heterocycles. The molecular formula is C14H19N3. The smallest absolute Gasteiger partial charge is 0.0503 e. The van der Waals surface area contributed by atoms with Gasteiger partial charge in [-0.05, 0) is 56.6 Å². The fourth-order valence-corrected chi connectivity index (χ4v) is 2.76. The Balaban J connectivity index is 1.97. The molecule has 17 heavy (non-hydrogen) atoms. The summed E-state index contributed by atoms with van der Waals surface area (Å²) in [5, 5.41) is 1.29. The van der Waals surface area contributed by atoms with Crippen LogP contribution in [-0.2, 0) is 0 Å². The number of nitrogens with two attached hydrogens (primary N) is 1. The van der Waals surface area contributed by atoms with Crippen molar-refractivity contribution >= 4 is 16.6 Å². The monoisotopic (exact) mass is 229 g/mol. The van der Waals surface area contributed by atoms with Crippen molar-refractivity contribution in [3.63, 3.8) is 0 Å². The lowest BCUT2D eigenvalue weighted by Gasteiger charge is -2.30. The van der Waals surface area contributed by atoms with Crippen LogP contribution in [0.15, 0.2) is 30.5 Å². The van der Waals surface area contributed by atoms with E-state index in [1.54, 1.807) is 0 Å². The SMILES string of the molecule is CN1CCC(n2ccc3ccc(N)cc32)CC1. The summed E-state index contributed by atoms with van der Waals surface area (Å²) in [6.07, 6.45) is 4.67. The van der Waals surface area contributed by atoms with Crippen LogP contribution in [0.3, 0.4) is 0 Å². The fraction of sp³-hybridized carbons (Fsp3) is 0.429. The van der Waals surface area contributed by atoms with Gasteiger partial charge in [0.1, 0.15) is 0 Å². The maximum atomic E-state index is 5.88. The first-order chi connectivity index (χ1) is 8.24. The molecule has 0 aliphatic carbocycles. The number of rotatable bonds is 1. The van der Waals surface area contributed by atoms with Crippen LogP contribution < -0.4 is 5.73 Å². The predicted octanol–water partition coefficient (Wildman–Crippen LogP) is 2.49. The van der Waals surface area contributed by atoms with Crippen LogP contribution in [0.4, 0.5) is 5.69 Å². The van der Waals surface area contributed by atoms with Crippen molar-refractivity contribution in [3.05, 3.63) is 30.5 Å². The van der Waals surface area contributed by atoms with Crippen molar-refractivity contribution in [2.45, 2.75) is 18.9 Å².